The van der Waals surface area contributed by atoms with E-state index in [4.69, 9.17) is 9.47 Å². The number of carbonyl (C=O) groups excluding carboxylic acids is 2. The number of hydrogen-bond acceptors (Lipinski definition) is 7. The van der Waals surface area contributed by atoms with Crippen molar-refractivity contribution in [3.63, 3.8) is 0 Å². The first-order valence-corrected chi connectivity index (χ1v) is 12.7. The van der Waals surface area contributed by atoms with Gasteiger partial charge in [0, 0.05) is 31.7 Å². The maximum atomic E-state index is 13.8. The van der Waals surface area contributed by atoms with Gasteiger partial charge in [-0.3, -0.25) is 9.69 Å². The molecule has 190 valence electrons. The van der Waals surface area contributed by atoms with Crippen LogP contribution in [0.1, 0.15) is 54.2 Å². The van der Waals surface area contributed by atoms with Gasteiger partial charge in [0.1, 0.15) is 5.75 Å². The highest BCUT2D eigenvalue weighted by molar-refractivity contribution is 5.88. The van der Waals surface area contributed by atoms with Gasteiger partial charge in [0.25, 0.3) is 0 Å². The Balaban J connectivity index is 1.47. The van der Waals surface area contributed by atoms with Crippen LogP contribution >= 0.6 is 0 Å². The van der Waals surface area contributed by atoms with E-state index in [0.29, 0.717) is 19.5 Å². The normalized spacial score (nSPS) is 20.9. The molecule has 1 amide bonds. The van der Waals surface area contributed by atoms with Crippen LogP contribution < -0.4 is 4.74 Å². The molecule has 2 fully saturated rings. The van der Waals surface area contributed by atoms with E-state index in [1.54, 1.807) is 18.0 Å². The van der Waals surface area contributed by atoms with Crippen LogP contribution in [0.4, 0.5) is 0 Å². The van der Waals surface area contributed by atoms with Gasteiger partial charge in [-0.25, -0.2) is 9.48 Å². The molecule has 2 aliphatic rings. The topological polar surface area (TPSA) is 89.8 Å². The highest BCUT2D eigenvalue weighted by Crippen LogP contribution is 2.35. The van der Waals surface area contributed by atoms with E-state index in [-0.39, 0.29) is 23.7 Å². The van der Waals surface area contributed by atoms with Crippen molar-refractivity contribution in [3.8, 4) is 5.75 Å². The van der Waals surface area contributed by atoms with Crippen molar-refractivity contribution >= 4 is 22.6 Å². The molecule has 5 rings (SSSR count). The number of rotatable bonds is 6. The number of aromatic nitrogens is 3. The summed E-state index contributed by atoms with van der Waals surface area (Å²) in [5, 5.41) is 10.4. The van der Waals surface area contributed by atoms with E-state index in [0.717, 1.165) is 48.0 Å². The van der Waals surface area contributed by atoms with Crippen LogP contribution in [0.15, 0.2) is 42.6 Å². The number of fused-ring (bicyclic) bond motifs is 1. The second-order valence-corrected chi connectivity index (χ2v) is 9.62. The molecule has 0 radical (unpaired) electrons. The number of methoxy groups -OCH3 is 2. The molecule has 0 bridgehead atoms. The second kappa shape index (κ2) is 10.7. The number of ether oxygens (including phenoxy) is 2. The Morgan fingerprint density at radius 2 is 1.81 bits per heavy atom. The van der Waals surface area contributed by atoms with Gasteiger partial charge in [-0.2, -0.15) is 0 Å². The van der Waals surface area contributed by atoms with Crippen LogP contribution in [0.3, 0.4) is 0 Å². The molecule has 2 atom stereocenters. The monoisotopic (exact) mass is 491 g/mol. The summed E-state index contributed by atoms with van der Waals surface area (Å²) >= 11 is 0. The maximum Gasteiger partial charge on any atom is 0.360 e. The Labute approximate surface area is 210 Å². The number of likely N-dealkylation sites (tertiary alicyclic amines) is 2. The number of benzene rings is 2. The number of hydrogen-bond donors (Lipinski definition) is 0. The Morgan fingerprint density at radius 3 is 2.56 bits per heavy atom. The Hall–Kier alpha value is -3.46. The van der Waals surface area contributed by atoms with Crippen LogP contribution in [0.2, 0.25) is 0 Å². The minimum absolute atomic E-state index is 0.0854. The van der Waals surface area contributed by atoms with Crippen LogP contribution in [-0.4, -0.2) is 76.6 Å². The highest BCUT2D eigenvalue weighted by atomic mass is 16.5. The summed E-state index contributed by atoms with van der Waals surface area (Å²) in [4.78, 5) is 30.0. The zero-order chi connectivity index (χ0) is 25.1. The van der Waals surface area contributed by atoms with Gasteiger partial charge in [0.2, 0.25) is 5.91 Å². The molecule has 2 aliphatic heterocycles. The summed E-state index contributed by atoms with van der Waals surface area (Å²) < 4.78 is 12.2. The van der Waals surface area contributed by atoms with Gasteiger partial charge < -0.3 is 14.4 Å². The van der Waals surface area contributed by atoms with Crippen LogP contribution in [0, 0.1) is 0 Å². The molecule has 2 aromatic carbocycles. The van der Waals surface area contributed by atoms with Crippen molar-refractivity contribution in [2.45, 2.75) is 50.7 Å². The molecule has 3 heterocycles. The fraction of sp³-hybridized carbons (Fsp3) is 0.481. The largest absolute Gasteiger partial charge is 0.496 e. The summed E-state index contributed by atoms with van der Waals surface area (Å²) in [6.07, 6.45) is 6.65. The number of amides is 1. The summed E-state index contributed by atoms with van der Waals surface area (Å²) in [5.74, 6) is 0.465. The standard InChI is InChI=1S/C27H33N5O4/c1-35-25-12-11-19-9-5-6-10-21(19)22(25)17-31-16-20(32-18-23(28-29-32)27(34)36-2)15-24(31)26(33)30-13-7-3-4-8-14-30/h5-6,9-12,18,20,24H,3-4,7-8,13-17H2,1-2H3/t20-,24+/m1/s1. The molecule has 1 aromatic heterocycles. The lowest BCUT2D eigenvalue weighted by Crippen LogP contribution is -2.45. The molecule has 0 saturated carbocycles. The Morgan fingerprint density at radius 1 is 1.03 bits per heavy atom. The predicted molar refractivity (Wildman–Crippen MR) is 135 cm³/mol. The molecule has 0 spiro atoms. The zero-order valence-corrected chi connectivity index (χ0v) is 20.9. The van der Waals surface area contributed by atoms with Crippen LogP contribution in [-0.2, 0) is 16.1 Å². The average Bonchev–Trinajstić information content (AvgIpc) is 3.48. The minimum atomic E-state index is -0.520. The number of nitrogens with zero attached hydrogens (tertiary/aromatic N) is 5. The van der Waals surface area contributed by atoms with Crippen molar-refractivity contribution in [2.75, 3.05) is 33.9 Å². The molecular weight excluding hydrogens is 458 g/mol. The van der Waals surface area contributed by atoms with Gasteiger partial charge in [-0.15, -0.1) is 5.10 Å². The van der Waals surface area contributed by atoms with Gasteiger partial charge >= 0.3 is 5.97 Å². The molecule has 0 aliphatic carbocycles. The quantitative estimate of drug-likeness (QED) is 0.488. The first-order chi connectivity index (χ1) is 17.6. The van der Waals surface area contributed by atoms with E-state index in [1.165, 1.54) is 20.0 Å². The average molecular weight is 492 g/mol. The Bertz CT molecular complexity index is 1230. The second-order valence-electron chi connectivity index (χ2n) is 9.62. The molecule has 2 saturated heterocycles. The van der Waals surface area contributed by atoms with E-state index in [1.807, 2.05) is 23.1 Å². The summed E-state index contributed by atoms with van der Waals surface area (Å²) in [6.45, 7) is 2.80. The first kappa shape index (κ1) is 24.2. The van der Waals surface area contributed by atoms with Gasteiger partial charge in [-0.1, -0.05) is 48.4 Å². The molecule has 0 unspecified atom stereocenters. The third-order valence-electron chi connectivity index (χ3n) is 7.44. The van der Waals surface area contributed by atoms with Crippen molar-refractivity contribution in [1.29, 1.82) is 0 Å². The maximum absolute atomic E-state index is 13.8. The van der Waals surface area contributed by atoms with E-state index >= 15 is 0 Å². The first-order valence-electron chi connectivity index (χ1n) is 12.7. The fourth-order valence-electron chi connectivity index (χ4n) is 5.53. The fourth-order valence-corrected chi connectivity index (χ4v) is 5.53. The van der Waals surface area contributed by atoms with Gasteiger partial charge in [0.15, 0.2) is 5.69 Å². The van der Waals surface area contributed by atoms with Gasteiger partial charge in [-0.05, 0) is 36.1 Å². The van der Waals surface area contributed by atoms with Crippen LogP contribution in [0.25, 0.3) is 10.8 Å². The van der Waals surface area contributed by atoms with Crippen molar-refractivity contribution in [3.05, 3.63) is 53.9 Å². The molecule has 9 nitrogen and oxygen atoms in total. The molecular formula is C27H33N5O4. The molecule has 9 heteroatoms. The highest BCUT2D eigenvalue weighted by Gasteiger charge is 2.40. The molecule has 36 heavy (non-hydrogen) atoms. The summed E-state index contributed by atoms with van der Waals surface area (Å²) in [6, 6.07) is 11.9. The summed E-state index contributed by atoms with van der Waals surface area (Å²) in [7, 11) is 3.01. The van der Waals surface area contributed by atoms with E-state index in [9.17, 15) is 9.59 Å². The van der Waals surface area contributed by atoms with E-state index in [2.05, 4.69) is 33.4 Å². The SMILES string of the molecule is COC(=O)c1cn([C@@H]2C[C@@H](C(=O)N3CCCCCC3)N(Cc3c(OC)ccc4ccccc34)C2)nn1. The predicted octanol–water partition coefficient (Wildman–Crippen LogP) is 3.44. The lowest BCUT2D eigenvalue weighted by Gasteiger charge is -2.30. The zero-order valence-electron chi connectivity index (χ0n) is 20.9. The van der Waals surface area contributed by atoms with Gasteiger partial charge in [0.05, 0.1) is 32.5 Å². The summed E-state index contributed by atoms with van der Waals surface area (Å²) in [5.41, 5.74) is 1.24. The Kier molecular flexibility index (Phi) is 7.18. The molecule has 3 aromatic rings. The van der Waals surface area contributed by atoms with E-state index < -0.39 is 5.97 Å². The molecule has 0 N–H and O–H groups in total. The lowest BCUT2D eigenvalue weighted by molar-refractivity contribution is -0.136. The third kappa shape index (κ3) is 4.80. The smallest absolute Gasteiger partial charge is 0.360 e. The van der Waals surface area contributed by atoms with Crippen LogP contribution in [0.5, 0.6) is 5.75 Å². The van der Waals surface area contributed by atoms with Crippen molar-refractivity contribution < 1.29 is 19.1 Å². The number of esters is 1. The van der Waals surface area contributed by atoms with Crippen molar-refractivity contribution in [1.82, 2.24) is 24.8 Å². The lowest BCUT2D eigenvalue weighted by atomic mass is 10.0. The van der Waals surface area contributed by atoms with Crippen molar-refractivity contribution in [2.24, 2.45) is 0 Å². The number of carbonyl (C=O) groups is 2. The minimum Gasteiger partial charge on any atom is -0.496 e. The third-order valence-corrected chi connectivity index (χ3v) is 7.44.